The summed E-state index contributed by atoms with van der Waals surface area (Å²) >= 11 is 5.88. The van der Waals surface area contributed by atoms with Crippen LogP contribution in [0.5, 0.6) is 0 Å². The van der Waals surface area contributed by atoms with Gasteiger partial charge in [-0.15, -0.1) is 0 Å². The molecule has 0 fully saturated rings. The van der Waals surface area contributed by atoms with Gasteiger partial charge in [0.25, 0.3) is 5.91 Å². The minimum absolute atomic E-state index is 0.144. The third-order valence-electron chi connectivity index (χ3n) is 3.14. The molecule has 1 unspecified atom stereocenters. The Morgan fingerprint density at radius 2 is 2.11 bits per heavy atom. The summed E-state index contributed by atoms with van der Waals surface area (Å²) in [7, 11) is 0. The molecule has 0 spiro atoms. The lowest BCUT2D eigenvalue weighted by molar-refractivity contribution is 0.0813. The number of aliphatic hydroxyl groups is 1. The largest absolute Gasteiger partial charge is 0.391 e. The summed E-state index contributed by atoms with van der Waals surface area (Å²) in [6, 6.07) is 0. The number of halogens is 1. The van der Waals surface area contributed by atoms with E-state index in [-0.39, 0.29) is 29.1 Å². The minimum atomic E-state index is -0.555. The van der Waals surface area contributed by atoms with E-state index >= 15 is 0 Å². The molecule has 0 bridgehead atoms. The van der Waals surface area contributed by atoms with E-state index in [1.807, 2.05) is 13.8 Å². The van der Waals surface area contributed by atoms with Gasteiger partial charge in [0.2, 0.25) is 0 Å². The van der Waals surface area contributed by atoms with Crippen molar-refractivity contribution in [2.45, 2.75) is 39.7 Å². The van der Waals surface area contributed by atoms with Crippen LogP contribution in [0.2, 0.25) is 5.02 Å². The summed E-state index contributed by atoms with van der Waals surface area (Å²) in [5.74, 6) is 0.276. The standard InChI is InChI=1S/C13H20ClN3O2/c1-4-9(5-2)11(18)7-16-13(19)12-10(14)6-15-8(3)17-12/h6,9,11,18H,4-5,7H2,1-3H3,(H,16,19). The first-order valence-corrected chi connectivity index (χ1v) is 6.82. The van der Waals surface area contributed by atoms with Crippen LogP contribution in [0.25, 0.3) is 0 Å². The highest BCUT2D eigenvalue weighted by Gasteiger charge is 2.18. The van der Waals surface area contributed by atoms with Gasteiger partial charge < -0.3 is 10.4 Å². The first kappa shape index (κ1) is 15.9. The maximum atomic E-state index is 11.9. The van der Waals surface area contributed by atoms with Crippen LogP contribution >= 0.6 is 11.6 Å². The van der Waals surface area contributed by atoms with Crippen LogP contribution in [0.3, 0.4) is 0 Å². The molecule has 1 amide bonds. The zero-order valence-corrected chi connectivity index (χ0v) is 12.2. The molecule has 0 saturated carbocycles. The van der Waals surface area contributed by atoms with Gasteiger partial charge in [0.15, 0.2) is 0 Å². The zero-order chi connectivity index (χ0) is 14.4. The number of aromatic nitrogens is 2. The summed E-state index contributed by atoms with van der Waals surface area (Å²) in [4.78, 5) is 19.8. The van der Waals surface area contributed by atoms with Gasteiger partial charge >= 0.3 is 0 Å². The molecule has 1 aromatic heterocycles. The molecule has 0 aliphatic carbocycles. The molecule has 5 nitrogen and oxygen atoms in total. The third-order valence-corrected chi connectivity index (χ3v) is 3.42. The number of aryl methyl sites for hydroxylation is 1. The van der Waals surface area contributed by atoms with E-state index in [1.165, 1.54) is 6.20 Å². The molecule has 1 atom stereocenters. The van der Waals surface area contributed by atoms with Crippen LogP contribution in [-0.4, -0.2) is 33.6 Å². The quantitative estimate of drug-likeness (QED) is 0.838. The Balaban J connectivity index is 2.63. The topological polar surface area (TPSA) is 75.1 Å². The highest BCUT2D eigenvalue weighted by molar-refractivity contribution is 6.33. The van der Waals surface area contributed by atoms with E-state index in [0.29, 0.717) is 5.82 Å². The molecule has 1 heterocycles. The number of nitrogens with one attached hydrogen (secondary N) is 1. The number of carbonyl (C=O) groups is 1. The van der Waals surface area contributed by atoms with Crippen molar-refractivity contribution in [2.75, 3.05) is 6.54 Å². The van der Waals surface area contributed by atoms with E-state index in [9.17, 15) is 9.90 Å². The lowest BCUT2D eigenvalue weighted by atomic mass is 9.96. The second-order valence-corrected chi connectivity index (χ2v) is 4.87. The molecule has 2 N–H and O–H groups in total. The van der Waals surface area contributed by atoms with Crippen molar-refractivity contribution in [2.24, 2.45) is 5.92 Å². The number of carbonyl (C=O) groups excluding carboxylic acids is 1. The SMILES string of the molecule is CCC(CC)C(O)CNC(=O)c1nc(C)ncc1Cl. The summed E-state index contributed by atoms with van der Waals surface area (Å²) in [6.07, 6.45) is 2.60. The molecule has 1 rings (SSSR count). The fourth-order valence-corrected chi connectivity index (χ4v) is 2.07. The van der Waals surface area contributed by atoms with E-state index in [4.69, 9.17) is 11.6 Å². The first-order valence-electron chi connectivity index (χ1n) is 6.44. The molecule has 6 heteroatoms. The minimum Gasteiger partial charge on any atom is -0.391 e. The predicted molar refractivity (Wildman–Crippen MR) is 74.2 cm³/mol. The van der Waals surface area contributed by atoms with E-state index in [2.05, 4.69) is 15.3 Å². The van der Waals surface area contributed by atoms with Crippen LogP contribution in [0.1, 0.15) is 43.0 Å². The van der Waals surface area contributed by atoms with Gasteiger partial charge in [-0.2, -0.15) is 0 Å². The van der Waals surface area contributed by atoms with Gasteiger partial charge in [-0.25, -0.2) is 9.97 Å². The number of rotatable bonds is 6. The first-order chi connectivity index (χ1) is 8.99. The number of aliphatic hydroxyl groups excluding tert-OH is 1. The average Bonchev–Trinajstić information content (AvgIpc) is 2.40. The molecule has 1 aromatic rings. The van der Waals surface area contributed by atoms with Gasteiger partial charge in [-0.1, -0.05) is 38.3 Å². The lowest BCUT2D eigenvalue weighted by Gasteiger charge is -2.20. The second-order valence-electron chi connectivity index (χ2n) is 4.47. The smallest absolute Gasteiger partial charge is 0.271 e. The molecular weight excluding hydrogens is 266 g/mol. The Morgan fingerprint density at radius 1 is 1.47 bits per heavy atom. The van der Waals surface area contributed by atoms with Crippen LogP contribution in [0.4, 0.5) is 0 Å². The predicted octanol–water partition coefficient (Wildman–Crippen LogP) is 1.97. The van der Waals surface area contributed by atoms with Crippen molar-refractivity contribution in [3.63, 3.8) is 0 Å². The van der Waals surface area contributed by atoms with Gasteiger partial charge in [0.05, 0.1) is 17.3 Å². The van der Waals surface area contributed by atoms with Gasteiger partial charge in [-0.05, 0) is 12.8 Å². The van der Waals surface area contributed by atoms with Crippen LogP contribution < -0.4 is 5.32 Å². The van der Waals surface area contributed by atoms with Crippen LogP contribution in [0.15, 0.2) is 6.20 Å². The van der Waals surface area contributed by atoms with Gasteiger partial charge in [-0.3, -0.25) is 4.79 Å². The van der Waals surface area contributed by atoms with Crippen molar-refractivity contribution in [3.8, 4) is 0 Å². The van der Waals surface area contributed by atoms with Gasteiger partial charge in [0.1, 0.15) is 11.5 Å². The highest BCUT2D eigenvalue weighted by Crippen LogP contribution is 2.14. The molecule has 0 radical (unpaired) electrons. The van der Waals surface area contributed by atoms with Gasteiger partial charge in [0, 0.05) is 6.54 Å². The normalized spacial score (nSPS) is 12.5. The number of hydrogen-bond acceptors (Lipinski definition) is 4. The Labute approximate surface area is 118 Å². The second kappa shape index (κ2) is 7.40. The Morgan fingerprint density at radius 3 is 2.68 bits per heavy atom. The van der Waals surface area contributed by atoms with Crippen molar-refractivity contribution < 1.29 is 9.90 Å². The molecule has 0 aliphatic heterocycles. The fourth-order valence-electron chi connectivity index (χ4n) is 1.90. The Hall–Kier alpha value is -1.20. The van der Waals surface area contributed by atoms with E-state index < -0.39 is 6.10 Å². The maximum absolute atomic E-state index is 11.9. The monoisotopic (exact) mass is 285 g/mol. The molecule has 0 aromatic carbocycles. The molecular formula is C13H20ClN3O2. The summed E-state index contributed by atoms with van der Waals surface area (Å²) < 4.78 is 0. The Kier molecular flexibility index (Phi) is 6.18. The van der Waals surface area contributed by atoms with E-state index in [0.717, 1.165) is 12.8 Å². The maximum Gasteiger partial charge on any atom is 0.271 e. The van der Waals surface area contributed by atoms with E-state index in [1.54, 1.807) is 6.92 Å². The van der Waals surface area contributed by atoms with Crippen molar-refractivity contribution in [1.29, 1.82) is 0 Å². The molecule has 0 saturated heterocycles. The summed E-state index contributed by atoms with van der Waals surface area (Å²) in [6.45, 7) is 5.92. The zero-order valence-electron chi connectivity index (χ0n) is 11.5. The summed E-state index contributed by atoms with van der Waals surface area (Å²) in [5.41, 5.74) is 0.144. The average molecular weight is 286 g/mol. The number of nitrogens with zero attached hydrogens (tertiary/aromatic N) is 2. The van der Waals surface area contributed by atoms with Crippen LogP contribution in [0, 0.1) is 12.8 Å². The number of amides is 1. The summed E-state index contributed by atoms with van der Waals surface area (Å²) in [5, 5.41) is 12.8. The van der Waals surface area contributed by atoms with Crippen molar-refractivity contribution in [1.82, 2.24) is 15.3 Å². The lowest BCUT2D eigenvalue weighted by Crippen LogP contribution is -2.36. The molecule has 19 heavy (non-hydrogen) atoms. The van der Waals surface area contributed by atoms with Crippen LogP contribution in [-0.2, 0) is 0 Å². The fraction of sp³-hybridized carbons (Fsp3) is 0.615. The van der Waals surface area contributed by atoms with Crippen molar-refractivity contribution >= 4 is 17.5 Å². The highest BCUT2D eigenvalue weighted by atomic mass is 35.5. The third kappa shape index (κ3) is 4.44. The molecule has 0 aliphatic rings. The molecule has 106 valence electrons. The Bertz CT molecular complexity index is 436. The number of hydrogen-bond donors (Lipinski definition) is 2. The van der Waals surface area contributed by atoms with Crippen molar-refractivity contribution in [3.05, 3.63) is 22.7 Å².